The minimum Gasteiger partial charge on any atom is -0.460 e. The predicted octanol–water partition coefficient (Wildman–Crippen LogP) is 6.11. The van der Waals surface area contributed by atoms with Crippen LogP contribution in [0, 0.1) is 6.92 Å². The van der Waals surface area contributed by atoms with Crippen molar-refractivity contribution >= 4 is 28.3 Å². The van der Waals surface area contributed by atoms with Crippen molar-refractivity contribution in [2.45, 2.75) is 46.1 Å². The fourth-order valence-electron chi connectivity index (χ4n) is 2.31. The van der Waals surface area contributed by atoms with Crippen LogP contribution in [0.4, 0.5) is 0 Å². The zero-order valence-electron chi connectivity index (χ0n) is 13.3. The van der Waals surface area contributed by atoms with Gasteiger partial charge in [-0.15, -0.1) is 12.4 Å². The van der Waals surface area contributed by atoms with Gasteiger partial charge in [-0.25, -0.2) is 0 Å². The molecule has 0 saturated carbocycles. The van der Waals surface area contributed by atoms with Gasteiger partial charge in [-0.1, -0.05) is 48.2 Å². The summed E-state index contributed by atoms with van der Waals surface area (Å²) in [6.45, 7) is 6.20. The van der Waals surface area contributed by atoms with Crippen molar-refractivity contribution in [2.24, 2.45) is 0 Å². The molecule has 0 aliphatic carbocycles. The average Bonchev–Trinajstić information content (AvgIpc) is 2.94. The van der Waals surface area contributed by atoms with Gasteiger partial charge in [0.05, 0.1) is 6.54 Å². The summed E-state index contributed by atoms with van der Waals surface area (Å²) in [6.07, 6.45) is 5.17. The van der Waals surface area contributed by atoms with E-state index in [0.29, 0.717) is 0 Å². The van der Waals surface area contributed by atoms with Crippen molar-refractivity contribution in [3.05, 3.63) is 46.1 Å². The van der Waals surface area contributed by atoms with Crippen LogP contribution in [0.25, 0.3) is 11.3 Å². The second kappa shape index (κ2) is 10.1. The van der Waals surface area contributed by atoms with Crippen LogP contribution >= 0.6 is 28.3 Å². The second-order valence-electron chi connectivity index (χ2n) is 5.47. The van der Waals surface area contributed by atoms with E-state index < -0.39 is 0 Å². The molecule has 1 N–H and O–H groups in total. The van der Waals surface area contributed by atoms with E-state index in [1.807, 2.05) is 0 Å². The minimum absolute atomic E-state index is 0. The number of rotatable bonds is 8. The van der Waals surface area contributed by atoms with Gasteiger partial charge >= 0.3 is 0 Å². The van der Waals surface area contributed by atoms with Crippen LogP contribution in [0.2, 0.25) is 0 Å². The highest BCUT2D eigenvalue weighted by Crippen LogP contribution is 2.26. The Bertz CT molecular complexity index is 568. The number of benzene rings is 1. The lowest BCUT2D eigenvalue weighted by atomic mass is 10.1. The fourth-order valence-corrected chi connectivity index (χ4v) is 2.56. The van der Waals surface area contributed by atoms with E-state index in [1.165, 1.54) is 31.2 Å². The summed E-state index contributed by atoms with van der Waals surface area (Å²) in [5.74, 6) is 1.94. The van der Waals surface area contributed by atoms with Gasteiger partial charge in [0.25, 0.3) is 0 Å². The van der Waals surface area contributed by atoms with E-state index in [4.69, 9.17) is 4.42 Å². The van der Waals surface area contributed by atoms with Gasteiger partial charge in [-0.3, -0.25) is 0 Å². The number of hydrogen-bond acceptors (Lipinski definition) is 2. The molecule has 22 heavy (non-hydrogen) atoms. The van der Waals surface area contributed by atoms with E-state index in [1.54, 1.807) is 0 Å². The van der Waals surface area contributed by atoms with Crippen LogP contribution in [0.15, 0.2) is 39.2 Å². The van der Waals surface area contributed by atoms with Gasteiger partial charge < -0.3 is 9.73 Å². The molecule has 0 atom stereocenters. The molecule has 0 fully saturated rings. The Labute approximate surface area is 148 Å². The zero-order valence-corrected chi connectivity index (χ0v) is 15.7. The molecule has 0 spiro atoms. The van der Waals surface area contributed by atoms with E-state index in [2.05, 4.69) is 65.4 Å². The van der Waals surface area contributed by atoms with Crippen LogP contribution < -0.4 is 5.32 Å². The first kappa shape index (κ1) is 19.3. The Balaban J connectivity index is 0.00000242. The maximum atomic E-state index is 5.91. The maximum absolute atomic E-state index is 5.91. The third-order valence-corrected chi connectivity index (χ3v) is 4.50. The molecule has 0 amide bonds. The highest BCUT2D eigenvalue weighted by molar-refractivity contribution is 9.10. The molecule has 0 radical (unpaired) electrons. The van der Waals surface area contributed by atoms with Gasteiger partial charge in [0.1, 0.15) is 11.5 Å². The second-order valence-corrected chi connectivity index (χ2v) is 6.32. The lowest BCUT2D eigenvalue weighted by Gasteiger charge is -2.03. The smallest absolute Gasteiger partial charge is 0.134 e. The number of unbranched alkanes of at least 4 members (excludes halogenated alkanes) is 3. The summed E-state index contributed by atoms with van der Waals surface area (Å²) in [5.41, 5.74) is 2.35. The van der Waals surface area contributed by atoms with E-state index in [0.717, 1.165) is 34.6 Å². The van der Waals surface area contributed by atoms with Crippen molar-refractivity contribution in [3.63, 3.8) is 0 Å². The van der Waals surface area contributed by atoms with Crippen molar-refractivity contribution < 1.29 is 4.42 Å². The Morgan fingerprint density at radius 3 is 2.64 bits per heavy atom. The van der Waals surface area contributed by atoms with E-state index in [-0.39, 0.29) is 12.4 Å². The van der Waals surface area contributed by atoms with Gasteiger partial charge in [0.15, 0.2) is 0 Å². The Morgan fingerprint density at radius 2 is 1.91 bits per heavy atom. The SMILES string of the molecule is CCCCCCNCc1ccc(-c2ccc(Br)c(C)c2)o1.Cl. The number of halogens is 2. The monoisotopic (exact) mass is 385 g/mol. The summed E-state index contributed by atoms with van der Waals surface area (Å²) in [6, 6.07) is 10.4. The van der Waals surface area contributed by atoms with Gasteiger partial charge in [-0.05, 0) is 49.7 Å². The Morgan fingerprint density at radius 1 is 1.09 bits per heavy atom. The molecule has 122 valence electrons. The van der Waals surface area contributed by atoms with Gasteiger partial charge in [0.2, 0.25) is 0 Å². The normalized spacial score (nSPS) is 10.5. The van der Waals surface area contributed by atoms with E-state index >= 15 is 0 Å². The van der Waals surface area contributed by atoms with E-state index in [9.17, 15) is 0 Å². The lowest BCUT2D eigenvalue weighted by Crippen LogP contribution is -2.14. The average molecular weight is 387 g/mol. The van der Waals surface area contributed by atoms with Crippen molar-refractivity contribution in [1.29, 1.82) is 0 Å². The molecule has 0 aliphatic rings. The molecule has 1 heterocycles. The molecule has 0 saturated heterocycles. The summed E-state index contributed by atoms with van der Waals surface area (Å²) in [7, 11) is 0. The quantitative estimate of drug-likeness (QED) is 0.554. The Kier molecular flexibility index (Phi) is 8.84. The minimum atomic E-state index is 0. The lowest BCUT2D eigenvalue weighted by molar-refractivity contribution is 0.487. The molecule has 2 aromatic rings. The predicted molar refractivity (Wildman–Crippen MR) is 99.7 cm³/mol. The van der Waals surface area contributed by atoms with Crippen LogP contribution in [-0.4, -0.2) is 6.54 Å². The molecular weight excluding hydrogens is 362 g/mol. The zero-order chi connectivity index (χ0) is 15.1. The first-order chi connectivity index (χ1) is 10.2. The third-order valence-electron chi connectivity index (χ3n) is 3.61. The topological polar surface area (TPSA) is 25.2 Å². The highest BCUT2D eigenvalue weighted by atomic mass is 79.9. The summed E-state index contributed by atoms with van der Waals surface area (Å²) >= 11 is 3.53. The number of hydrogen-bond donors (Lipinski definition) is 1. The summed E-state index contributed by atoms with van der Waals surface area (Å²) in [5, 5.41) is 3.44. The van der Waals surface area contributed by atoms with Gasteiger partial charge in [0, 0.05) is 10.0 Å². The van der Waals surface area contributed by atoms with Crippen molar-refractivity contribution in [1.82, 2.24) is 5.32 Å². The third kappa shape index (κ3) is 5.79. The summed E-state index contributed by atoms with van der Waals surface area (Å²) < 4.78 is 7.05. The van der Waals surface area contributed by atoms with Crippen molar-refractivity contribution in [2.75, 3.05) is 6.54 Å². The first-order valence-corrected chi connectivity index (χ1v) is 8.56. The first-order valence-electron chi connectivity index (χ1n) is 7.76. The summed E-state index contributed by atoms with van der Waals surface area (Å²) in [4.78, 5) is 0. The molecule has 1 aromatic carbocycles. The van der Waals surface area contributed by atoms with Crippen LogP contribution in [0.5, 0.6) is 0 Å². The van der Waals surface area contributed by atoms with Crippen LogP contribution in [0.1, 0.15) is 43.9 Å². The number of furan rings is 1. The molecular formula is C18H25BrClNO. The van der Waals surface area contributed by atoms with Crippen LogP contribution in [-0.2, 0) is 6.54 Å². The van der Waals surface area contributed by atoms with Crippen molar-refractivity contribution in [3.8, 4) is 11.3 Å². The highest BCUT2D eigenvalue weighted by Gasteiger charge is 2.06. The molecule has 2 nitrogen and oxygen atoms in total. The molecule has 0 bridgehead atoms. The molecule has 1 aromatic heterocycles. The largest absolute Gasteiger partial charge is 0.460 e. The maximum Gasteiger partial charge on any atom is 0.134 e. The standard InChI is InChI=1S/C18H24BrNO.ClH/c1-3-4-5-6-11-20-13-16-8-10-18(21-16)15-7-9-17(19)14(2)12-15;/h7-10,12,20H,3-6,11,13H2,1-2H3;1H. The van der Waals surface area contributed by atoms with Gasteiger partial charge in [-0.2, -0.15) is 0 Å². The van der Waals surface area contributed by atoms with Crippen LogP contribution in [0.3, 0.4) is 0 Å². The molecule has 0 unspecified atom stereocenters. The molecule has 0 aliphatic heterocycles. The molecule has 4 heteroatoms. The fraction of sp³-hybridized carbons (Fsp3) is 0.444. The molecule has 2 rings (SSSR count). The Hall–Kier alpha value is -0.770. The number of aryl methyl sites for hydroxylation is 1. The number of nitrogens with one attached hydrogen (secondary N) is 1.